The van der Waals surface area contributed by atoms with Crippen molar-refractivity contribution in [2.24, 2.45) is 0 Å². The van der Waals surface area contributed by atoms with Gasteiger partial charge in [0.15, 0.2) is 6.10 Å². The van der Waals surface area contributed by atoms with Crippen LogP contribution in [0.15, 0.2) is 29.6 Å². The van der Waals surface area contributed by atoms with Gasteiger partial charge in [-0.25, -0.2) is 0 Å². The molecule has 1 aromatic carbocycles. The van der Waals surface area contributed by atoms with E-state index in [9.17, 15) is 9.90 Å². The molecule has 2 aromatic rings. The first-order valence-corrected chi connectivity index (χ1v) is 7.93. The number of carbonyl (C=O) groups excluding carboxylic acids is 1. The zero-order valence-corrected chi connectivity index (χ0v) is 12.6. The number of rotatable bonds is 1. The van der Waals surface area contributed by atoms with Crippen LogP contribution in [0.3, 0.4) is 0 Å². The average Bonchev–Trinajstić information content (AvgIpc) is 3.06. The number of hydrogen-bond donors (Lipinski definition) is 1. The van der Waals surface area contributed by atoms with Crippen LogP contribution < -0.4 is 9.80 Å². The van der Waals surface area contributed by atoms with Crippen LogP contribution in [0.2, 0.25) is 0 Å². The molecule has 4 nitrogen and oxygen atoms in total. The van der Waals surface area contributed by atoms with Crippen LogP contribution in [0.25, 0.3) is 0 Å². The molecule has 1 amide bonds. The Bertz CT molecular complexity index is 725. The lowest BCUT2D eigenvalue weighted by molar-refractivity contribution is -0.125. The summed E-state index contributed by atoms with van der Waals surface area (Å²) in [6.07, 6.45) is 0.0606. The Hall–Kier alpha value is -1.85. The van der Waals surface area contributed by atoms with Crippen molar-refractivity contribution >= 4 is 28.6 Å². The topological polar surface area (TPSA) is 43.8 Å². The first kappa shape index (κ1) is 12.9. The maximum Gasteiger partial charge on any atom is 0.260 e. The van der Waals surface area contributed by atoms with Crippen molar-refractivity contribution in [3.05, 3.63) is 45.6 Å². The van der Waals surface area contributed by atoms with E-state index in [1.165, 1.54) is 10.4 Å². The summed E-state index contributed by atoms with van der Waals surface area (Å²) in [6.45, 7) is 1.91. The van der Waals surface area contributed by atoms with Crippen molar-refractivity contribution in [3.63, 3.8) is 0 Å². The minimum Gasteiger partial charge on any atom is -0.378 e. The maximum absolute atomic E-state index is 11.8. The minimum absolute atomic E-state index is 0.249. The van der Waals surface area contributed by atoms with Gasteiger partial charge in [-0.2, -0.15) is 0 Å². The molecule has 0 spiro atoms. The highest BCUT2D eigenvalue weighted by Gasteiger charge is 2.34. The maximum atomic E-state index is 11.8. The third-order valence-corrected chi connectivity index (χ3v) is 5.43. The number of nitrogens with zero attached hydrogens (tertiary/aromatic N) is 2. The van der Waals surface area contributed by atoms with Crippen LogP contribution in [0, 0.1) is 0 Å². The Labute approximate surface area is 127 Å². The predicted octanol–water partition coefficient (Wildman–Crippen LogP) is 2.32. The van der Waals surface area contributed by atoms with Gasteiger partial charge in [-0.05, 0) is 35.6 Å². The molecular weight excluding hydrogens is 284 g/mol. The number of likely N-dealkylation sites (N-methyl/N-ethyl adjacent to an activating group) is 1. The number of carbonyl (C=O) groups is 1. The van der Waals surface area contributed by atoms with Crippen molar-refractivity contribution in [1.29, 1.82) is 0 Å². The standard InChI is InChI=1S/C16H16N2O2S/c1-17-13-8-11(2-3-12(13)15(19)16(17)20)18-6-4-14-10(9-18)5-7-21-14/h2-3,5,7-8,15,19H,4,6,9H2,1H3. The molecule has 0 aliphatic carbocycles. The van der Waals surface area contributed by atoms with E-state index in [4.69, 9.17) is 0 Å². The van der Waals surface area contributed by atoms with Gasteiger partial charge in [-0.3, -0.25) is 4.79 Å². The molecule has 4 rings (SSSR count). The van der Waals surface area contributed by atoms with Gasteiger partial charge in [0.1, 0.15) is 0 Å². The van der Waals surface area contributed by atoms with Crippen molar-refractivity contribution in [2.45, 2.75) is 19.1 Å². The normalized spacial score (nSPS) is 20.7. The van der Waals surface area contributed by atoms with Gasteiger partial charge in [0.2, 0.25) is 0 Å². The molecule has 1 N–H and O–H groups in total. The molecule has 0 radical (unpaired) electrons. The second-order valence-electron chi connectivity index (χ2n) is 5.58. The largest absolute Gasteiger partial charge is 0.378 e. The van der Waals surface area contributed by atoms with Crippen LogP contribution in [0.5, 0.6) is 0 Å². The average molecular weight is 300 g/mol. The molecule has 0 saturated carbocycles. The number of benzene rings is 1. The summed E-state index contributed by atoms with van der Waals surface area (Å²) in [7, 11) is 1.72. The molecule has 3 heterocycles. The molecule has 1 aromatic heterocycles. The van der Waals surface area contributed by atoms with Gasteiger partial charge in [0.25, 0.3) is 5.91 Å². The second kappa shape index (κ2) is 4.58. The zero-order valence-electron chi connectivity index (χ0n) is 11.7. The fourth-order valence-electron chi connectivity index (χ4n) is 3.15. The van der Waals surface area contributed by atoms with E-state index in [2.05, 4.69) is 16.3 Å². The number of anilines is 2. The molecule has 1 atom stereocenters. The van der Waals surface area contributed by atoms with Gasteiger partial charge in [-0.1, -0.05) is 6.07 Å². The van der Waals surface area contributed by atoms with E-state index < -0.39 is 6.10 Å². The third kappa shape index (κ3) is 1.88. The minimum atomic E-state index is -1.01. The Balaban J connectivity index is 1.68. The fourth-order valence-corrected chi connectivity index (χ4v) is 4.04. The molecule has 2 aliphatic rings. The molecule has 0 saturated heterocycles. The van der Waals surface area contributed by atoms with Crippen LogP contribution in [0.1, 0.15) is 22.1 Å². The SMILES string of the molecule is CN1C(=O)C(O)c2ccc(N3CCc4sccc4C3)cc21. The lowest BCUT2D eigenvalue weighted by Crippen LogP contribution is -2.29. The Kier molecular flexibility index (Phi) is 2.80. The van der Waals surface area contributed by atoms with E-state index in [-0.39, 0.29) is 5.91 Å². The molecule has 5 heteroatoms. The quantitative estimate of drug-likeness (QED) is 0.879. The summed E-state index contributed by atoms with van der Waals surface area (Å²) in [6, 6.07) is 8.09. The molecule has 108 valence electrons. The van der Waals surface area contributed by atoms with E-state index >= 15 is 0 Å². The van der Waals surface area contributed by atoms with Crippen LogP contribution in [0.4, 0.5) is 11.4 Å². The molecule has 21 heavy (non-hydrogen) atoms. The smallest absolute Gasteiger partial charge is 0.260 e. The van der Waals surface area contributed by atoms with E-state index in [1.807, 2.05) is 29.5 Å². The number of aliphatic hydroxyl groups is 1. The highest BCUT2D eigenvalue weighted by atomic mass is 32.1. The summed E-state index contributed by atoms with van der Waals surface area (Å²) in [4.78, 5) is 17.2. The summed E-state index contributed by atoms with van der Waals surface area (Å²) >= 11 is 1.83. The van der Waals surface area contributed by atoms with Crippen molar-refractivity contribution < 1.29 is 9.90 Å². The van der Waals surface area contributed by atoms with Crippen molar-refractivity contribution in [3.8, 4) is 0 Å². The Morgan fingerprint density at radius 3 is 3.05 bits per heavy atom. The molecular formula is C16H16N2O2S. The lowest BCUT2D eigenvalue weighted by atomic mass is 10.1. The third-order valence-electron chi connectivity index (χ3n) is 4.41. The van der Waals surface area contributed by atoms with Crippen LogP contribution >= 0.6 is 11.3 Å². The van der Waals surface area contributed by atoms with E-state index in [1.54, 1.807) is 11.9 Å². The molecule has 1 unspecified atom stereocenters. The highest BCUT2D eigenvalue weighted by molar-refractivity contribution is 7.10. The Morgan fingerprint density at radius 2 is 2.19 bits per heavy atom. The lowest BCUT2D eigenvalue weighted by Gasteiger charge is -2.29. The van der Waals surface area contributed by atoms with Gasteiger partial charge in [0.05, 0.1) is 5.69 Å². The van der Waals surface area contributed by atoms with E-state index in [0.29, 0.717) is 5.56 Å². The van der Waals surface area contributed by atoms with Crippen LogP contribution in [-0.4, -0.2) is 24.6 Å². The molecule has 0 fully saturated rings. The number of fused-ring (bicyclic) bond motifs is 2. The summed E-state index contributed by atoms with van der Waals surface area (Å²) in [5, 5.41) is 12.1. The highest BCUT2D eigenvalue weighted by Crippen LogP contribution is 2.38. The second-order valence-corrected chi connectivity index (χ2v) is 6.58. The number of thiophene rings is 1. The molecule has 0 bridgehead atoms. The first-order valence-electron chi connectivity index (χ1n) is 7.05. The number of hydrogen-bond acceptors (Lipinski definition) is 4. The first-order chi connectivity index (χ1) is 10.1. The Morgan fingerprint density at radius 1 is 1.33 bits per heavy atom. The monoisotopic (exact) mass is 300 g/mol. The van der Waals surface area contributed by atoms with Gasteiger partial charge < -0.3 is 14.9 Å². The fraction of sp³-hybridized carbons (Fsp3) is 0.312. The van der Waals surface area contributed by atoms with E-state index in [0.717, 1.165) is 30.9 Å². The van der Waals surface area contributed by atoms with Gasteiger partial charge in [-0.15, -0.1) is 11.3 Å². The van der Waals surface area contributed by atoms with Gasteiger partial charge >= 0.3 is 0 Å². The van der Waals surface area contributed by atoms with Crippen molar-refractivity contribution in [2.75, 3.05) is 23.4 Å². The summed E-state index contributed by atoms with van der Waals surface area (Å²) < 4.78 is 0. The molecule has 2 aliphatic heterocycles. The number of amides is 1. The summed E-state index contributed by atoms with van der Waals surface area (Å²) in [5.41, 5.74) is 4.04. The van der Waals surface area contributed by atoms with Crippen molar-refractivity contribution in [1.82, 2.24) is 0 Å². The van der Waals surface area contributed by atoms with Gasteiger partial charge in [0, 0.05) is 36.3 Å². The predicted molar refractivity (Wildman–Crippen MR) is 83.9 cm³/mol. The summed E-state index contributed by atoms with van der Waals surface area (Å²) in [5.74, 6) is -0.249. The number of aliphatic hydroxyl groups excluding tert-OH is 1. The zero-order chi connectivity index (χ0) is 14.6. The van der Waals surface area contributed by atoms with Crippen LogP contribution in [-0.2, 0) is 17.8 Å².